The number of fused-ring (bicyclic) bond motifs is 1. The molecule has 9 heteroatoms. The van der Waals surface area contributed by atoms with Gasteiger partial charge in [0, 0.05) is 20.1 Å². The highest BCUT2D eigenvalue weighted by molar-refractivity contribution is 7.89. The first kappa shape index (κ1) is 18.5. The molecule has 0 aliphatic heterocycles. The van der Waals surface area contributed by atoms with Crippen LogP contribution in [-0.2, 0) is 23.6 Å². The van der Waals surface area contributed by atoms with E-state index in [-0.39, 0.29) is 28.7 Å². The Labute approximate surface area is 155 Å². The third-order valence-electron chi connectivity index (χ3n) is 4.11. The number of benzene rings is 2. The summed E-state index contributed by atoms with van der Waals surface area (Å²) in [7, 11) is -0.610. The Kier molecular flexibility index (Phi) is 5.08. The number of aromatic nitrogens is 2. The molecule has 0 spiro atoms. The van der Waals surface area contributed by atoms with Gasteiger partial charge in [0.2, 0.25) is 10.0 Å². The molecular weight excluding hydrogens is 378 g/mol. The van der Waals surface area contributed by atoms with Gasteiger partial charge in [-0.05, 0) is 30.3 Å². The van der Waals surface area contributed by atoms with Crippen LogP contribution in [0.25, 0.3) is 11.0 Å². The lowest BCUT2D eigenvalue weighted by Gasteiger charge is -2.09. The summed E-state index contributed by atoms with van der Waals surface area (Å²) in [5.74, 6) is 0.396. The summed E-state index contributed by atoms with van der Waals surface area (Å²) in [4.78, 5) is 12.4. The molecule has 0 saturated carbocycles. The van der Waals surface area contributed by atoms with Gasteiger partial charge in [-0.25, -0.2) is 17.9 Å². The van der Waals surface area contributed by atoms with Gasteiger partial charge in [-0.1, -0.05) is 23.7 Å². The molecule has 0 aliphatic carbocycles. The monoisotopic (exact) mass is 395 g/mol. The molecule has 1 heterocycles. The molecular formula is C17H18ClN3O4S. The molecule has 0 bridgehead atoms. The Bertz CT molecular complexity index is 1120. The van der Waals surface area contributed by atoms with E-state index in [0.29, 0.717) is 5.75 Å². The maximum absolute atomic E-state index is 12.4. The summed E-state index contributed by atoms with van der Waals surface area (Å²) < 4.78 is 35.4. The van der Waals surface area contributed by atoms with Crippen molar-refractivity contribution < 1.29 is 13.2 Å². The summed E-state index contributed by atoms with van der Waals surface area (Å²) in [6, 6.07) is 11.6. The Balaban J connectivity index is 1.79. The first-order chi connectivity index (χ1) is 12.3. The van der Waals surface area contributed by atoms with Crippen molar-refractivity contribution in [3.63, 3.8) is 0 Å². The van der Waals surface area contributed by atoms with Gasteiger partial charge in [-0.15, -0.1) is 0 Å². The summed E-state index contributed by atoms with van der Waals surface area (Å²) in [5, 5.41) is 0.209. The highest BCUT2D eigenvalue weighted by Crippen LogP contribution is 2.26. The van der Waals surface area contributed by atoms with Crippen LogP contribution >= 0.6 is 11.6 Å². The Morgan fingerprint density at radius 1 is 1.15 bits per heavy atom. The van der Waals surface area contributed by atoms with Crippen molar-refractivity contribution >= 4 is 32.7 Å². The molecule has 3 rings (SSSR count). The number of ether oxygens (including phenoxy) is 1. The lowest BCUT2D eigenvalue weighted by atomic mass is 10.3. The Morgan fingerprint density at radius 3 is 2.50 bits per heavy atom. The second kappa shape index (κ2) is 7.14. The molecule has 1 N–H and O–H groups in total. The Hall–Kier alpha value is -2.29. The summed E-state index contributed by atoms with van der Waals surface area (Å²) >= 11 is 5.99. The van der Waals surface area contributed by atoms with Crippen LogP contribution in [0.4, 0.5) is 0 Å². The first-order valence-corrected chi connectivity index (χ1v) is 9.68. The Morgan fingerprint density at radius 2 is 1.85 bits per heavy atom. The number of rotatable bonds is 6. The number of hydrogen-bond acceptors (Lipinski definition) is 4. The maximum atomic E-state index is 12.4. The summed E-state index contributed by atoms with van der Waals surface area (Å²) in [5.41, 5.74) is 1.35. The molecule has 3 aromatic rings. The number of nitrogens with zero attached hydrogens (tertiary/aromatic N) is 2. The predicted octanol–water partition coefficient (Wildman–Crippen LogP) is 1.98. The molecule has 0 radical (unpaired) electrons. The van der Waals surface area contributed by atoms with Gasteiger partial charge in [0.1, 0.15) is 5.75 Å². The van der Waals surface area contributed by atoms with Crippen molar-refractivity contribution in [2.24, 2.45) is 7.05 Å². The van der Waals surface area contributed by atoms with Gasteiger partial charge < -0.3 is 4.74 Å². The van der Waals surface area contributed by atoms with E-state index >= 15 is 0 Å². The van der Waals surface area contributed by atoms with Gasteiger partial charge in [0.05, 0.1) is 28.1 Å². The third-order valence-corrected chi connectivity index (χ3v) is 5.87. The van der Waals surface area contributed by atoms with Gasteiger partial charge in [-0.3, -0.25) is 9.13 Å². The van der Waals surface area contributed by atoms with Crippen molar-refractivity contribution in [2.45, 2.75) is 11.4 Å². The molecule has 0 fully saturated rings. The van der Waals surface area contributed by atoms with Crippen LogP contribution in [0.5, 0.6) is 5.75 Å². The van der Waals surface area contributed by atoms with Crippen molar-refractivity contribution in [3.8, 4) is 5.75 Å². The van der Waals surface area contributed by atoms with E-state index in [1.165, 1.54) is 29.9 Å². The van der Waals surface area contributed by atoms with Gasteiger partial charge >= 0.3 is 5.69 Å². The van der Waals surface area contributed by atoms with E-state index in [1.54, 1.807) is 11.6 Å². The van der Waals surface area contributed by atoms with Crippen molar-refractivity contribution in [2.75, 3.05) is 13.7 Å². The molecule has 0 atom stereocenters. The molecule has 138 valence electrons. The minimum absolute atomic E-state index is 0.0357. The molecule has 7 nitrogen and oxygen atoms in total. The van der Waals surface area contributed by atoms with Gasteiger partial charge in [0.25, 0.3) is 0 Å². The number of imidazole rings is 1. The van der Waals surface area contributed by atoms with E-state index in [4.69, 9.17) is 16.3 Å². The van der Waals surface area contributed by atoms with E-state index in [0.717, 1.165) is 11.0 Å². The predicted molar refractivity (Wildman–Crippen MR) is 100 cm³/mol. The van der Waals surface area contributed by atoms with Crippen LogP contribution in [0.3, 0.4) is 0 Å². The summed E-state index contributed by atoms with van der Waals surface area (Å²) in [6.45, 7) is 0.281. The second-order valence-corrected chi connectivity index (χ2v) is 7.85. The zero-order valence-corrected chi connectivity index (χ0v) is 15.8. The number of hydrogen-bond donors (Lipinski definition) is 1. The van der Waals surface area contributed by atoms with Crippen LogP contribution < -0.4 is 15.1 Å². The largest absolute Gasteiger partial charge is 0.495 e. The smallest absolute Gasteiger partial charge is 0.328 e. The zero-order chi connectivity index (χ0) is 18.9. The normalized spacial score (nSPS) is 11.8. The van der Waals surface area contributed by atoms with Crippen molar-refractivity contribution in [1.29, 1.82) is 0 Å². The molecule has 0 amide bonds. The fourth-order valence-corrected chi connectivity index (χ4v) is 4.14. The SMILES string of the molecule is COc1ccc(S(=O)(=O)NCCn2c(=O)n(C)c3ccccc32)cc1Cl. The lowest BCUT2D eigenvalue weighted by Crippen LogP contribution is -2.31. The van der Waals surface area contributed by atoms with E-state index in [1.807, 2.05) is 24.3 Å². The average molecular weight is 396 g/mol. The molecule has 0 saturated heterocycles. The van der Waals surface area contributed by atoms with E-state index in [9.17, 15) is 13.2 Å². The molecule has 0 unspecified atom stereocenters. The number of sulfonamides is 1. The minimum atomic E-state index is -3.75. The number of methoxy groups -OCH3 is 1. The fourth-order valence-electron chi connectivity index (χ4n) is 2.77. The zero-order valence-electron chi connectivity index (χ0n) is 14.3. The van der Waals surface area contributed by atoms with E-state index < -0.39 is 10.0 Å². The molecule has 26 heavy (non-hydrogen) atoms. The van der Waals surface area contributed by atoms with Crippen LogP contribution in [0, 0.1) is 0 Å². The van der Waals surface area contributed by atoms with Crippen molar-refractivity contribution in [1.82, 2.24) is 13.9 Å². The minimum Gasteiger partial charge on any atom is -0.495 e. The van der Waals surface area contributed by atoms with Gasteiger partial charge in [-0.2, -0.15) is 0 Å². The summed E-state index contributed by atoms with van der Waals surface area (Å²) in [6.07, 6.45) is 0. The highest BCUT2D eigenvalue weighted by atomic mass is 35.5. The first-order valence-electron chi connectivity index (χ1n) is 7.82. The quantitative estimate of drug-likeness (QED) is 0.691. The van der Waals surface area contributed by atoms with Crippen LogP contribution in [0.1, 0.15) is 0 Å². The molecule has 2 aromatic carbocycles. The van der Waals surface area contributed by atoms with Crippen LogP contribution in [0.2, 0.25) is 5.02 Å². The van der Waals surface area contributed by atoms with Gasteiger partial charge in [0.15, 0.2) is 0 Å². The van der Waals surface area contributed by atoms with E-state index in [2.05, 4.69) is 4.72 Å². The van der Waals surface area contributed by atoms with Crippen molar-refractivity contribution in [3.05, 3.63) is 58.0 Å². The van der Waals surface area contributed by atoms with Crippen LogP contribution in [0.15, 0.2) is 52.2 Å². The average Bonchev–Trinajstić information content (AvgIpc) is 2.87. The van der Waals surface area contributed by atoms with Crippen LogP contribution in [-0.4, -0.2) is 31.2 Å². The molecule has 1 aromatic heterocycles. The highest BCUT2D eigenvalue weighted by Gasteiger charge is 2.16. The number of halogens is 1. The molecule has 0 aliphatic rings. The standard InChI is InChI=1S/C17H18ClN3O4S/c1-20-14-5-3-4-6-15(14)21(17(20)22)10-9-19-26(23,24)12-7-8-16(25-2)13(18)11-12/h3-8,11,19H,9-10H2,1-2H3. The fraction of sp³-hybridized carbons (Fsp3) is 0.235. The number of para-hydroxylation sites is 2. The lowest BCUT2D eigenvalue weighted by molar-refractivity contribution is 0.414. The number of nitrogens with one attached hydrogen (secondary N) is 1. The topological polar surface area (TPSA) is 82.3 Å². The third kappa shape index (κ3) is 3.35. The number of aryl methyl sites for hydroxylation is 1. The maximum Gasteiger partial charge on any atom is 0.328 e. The second-order valence-electron chi connectivity index (χ2n) is 5.68.